The molecule has 3 aromatic rings. The van der Waals surface area contributed by atoms with Crippen LogP contribution in [0, 0.1) is 13.8 Å². The van der Waals surface area contributed by atoms with Crippen molar-refractivity contribution >= 4 is 23.6 Å². The van der Waals surface area contributed by atoms with Gasteiger partial charge in [-0.25, -0.2) is 9.97 Å². The van der Waals surface area contributed by atoms with Crippen LogP contribution in [-0.4, -0.2) is 27.8 Å². The third-order valence-electron chi connectivity index (χ3n) is 4.50. The lowest BCUT2D eigenvalue weighted by molar-refractivity contribution is 0.0875. The minimum absolute atomic E-state index is 0.103. The van der Waals surface area contributed by atoms with E-state index in [1.165, 1.54) is 0 Å². The van der Waals surface area contributed by atoms with Gasteiger partial charge in [0.1, 0.15) is 17.1 Å². The number of nitrogen functional groups attached to an aromatic ring is 1. The van der Waals surface area contributed by atoms with Gasteiger partial charge >= 0.3 is 0 Å². The Morgan fingerprint density at radius 2 is 1.81 bits per heavy atom. The molecule has 0 aliphatic carbocycles. The first-order valence-corrected chi connectivity index (χ1v) is 8.26. The van der Waals surface area contributed by atoms with Crippen LogP contribution in [0.3, 0.4) is 0 Å². The molecule has 0 bridgehead atoms. The second-order valence-electron chi connectivity index (χ2n) is 6.31. The summed E-state index contributed by atoms with van der Waals surface area (Å²) < 4.78 is 5.67. The summed E-state index contributed by atoms with van der Waals surface area (Å²) >= 11 is 0. The van der Waals surface area contributed by atoms with Crippen LogP contribution in [0.2, 0.25) is 0 Å². The van der Waals surface area contributed by atoms with Gasteiger partial charge in [-0.05, 0) is 43.2 Å². The molecule has 2 N–H and O–H groups in total. The molecule has 1 amide bonds. The zero-order valence-corrected chi connectivity index (χ0v) is 14.8. The highest BCUT2D eigenvalue weighted by molar-refractivity contribution is 6.14. The molecule has 0 fully saturated rings. The van der Waals surface area contributed by atoms with Gasteiger partial charge < -0.3 is 15.1 Å². The maximum Gasteiger partial charge on any atom is 0.262 e. The number of benzene rings is 1. The lowest BCUT2D eigenvalue weighted by atomic mass is 10.1. The van der Waals surface area contributed by atoms with Crippen molar-refractivity contribution in [1.82, 2.24) is 14.9 Å². The molecule has 3 heterocycles. The van der Waals surface area contributed by atoms with Crippen LogP contribution in [0.25, 0.3) is 23.2 Å². The minimum atomic E-state index is -0.177. The van der Waals surface area contributed by atoms with Gasteiger partial charge in [-0.15, -0.1) is 0 Å². The number of amides is 1. The number of carbonyl (C=O) groups excluding carboxylic acids is 1. The normalized spacial score (nSPS) is 15.0. The van der Waals surface area contributed by atoms with Crippen molar-refractivity contribution in [3.63, 3.8) is 0 Å². The van der Waals surface area contributed by atoms with Crippen LogP contribution >= 0.6 is 0 Å². The first kappa shape index (κ1) is 16.1. The second kappa shape index (κ2) is 5.84. The van der Waals surface area contributed by atoms with Crippen molar-refractivity contribution in [1.29, 1.82) is 0 Å². The van der Waals surface area contributed by atoms with Gasteiger partial charge in [-0.3, -0.25) is 4.79 Å². The molecular formula is C20H18N4O2. The summed E-state index contributed by atoms with van der Waals surface area (Å²) in [5, 5.41) is 0. The van der Waals surface area contributed by atoms with E-state index in [1.807, 2.05) is 50.3 Å². The Kier molecular flexibility index (Phi) is 3.61. The maximum absolute atomic E-state index is 12.9. The van der Waals surface area contributed by atoms with Crippen LogP contribution in [0.4, 0.5) is 5.95 Å². The average Bonchev–Trinajstić information content (AvgIpc) is 3.14. The zero-order chi connectivity index (χ0) is 18.4. The lowest BCUT2D eigenvalue weighted by Crippen LogP contribution is -2.17. The van der Waals surface area contributed by atoms with E-state index >= 15 is 0 Å². The van der Waals surface area contributed by atoms with Crippen LogP contribution in [-0.2, 0) is 0 Å². The molecule has 0 saturated carbocycles. The SMILES string of the molecule is Cc1ccc(-c2nc(N)nc3c2C(=O)N(C)/C3=C\c2ccccc2C)o1. The lowest BCUT2D eigenvalue weighted by Gasteiger charge is -2.11. The number of hydrogen-bond donors (Lipinski definition) is 1. The summed E-state index contributed by atoms with van der Waals surface area (Å²) in [7, 11) is 1.72. The molecule has 0 radical (unpaired) electrons. The van der Waals surface area contributed by atoms with Gasteiger partial charge in [0.25, 0.3) is 5.91 Å². The molecule has 6 nitrogen and oxygen atoms in total. The number of hydrogen-bond acceptors (Lipinski definition) is 5. The van der Waals surface area contributed by atoms with Gasteiger partial charge in [0.2, 0.25) is 5.95 Å². The van der Waals surface area contributed by atoms with Crippen molar-refractivity contribution in [3.8, 4) is 11.5 Å². The molecule has 6 heteroatoms. The number of aryl methyl sites for hydroxylation is 2. The Labute approximate surface area is 151 Å². The third kappa shape index (κ3) is 2.47. The number of fused-ring (bicyclic) bond motifs is 1. The standard InChI is InChI=1S/C20H18N4O2/c1-11-6-4-5-7-13(11)10-14-17-16(19(25)24(14)3)18(23-20(21)22-17)15-9-8-12(2)26-15/h4-10H,1-3H3,(H2,21,22,23)/b14-10-. The van der Waals surface area contributed by atoms with E-state index < -0.39 is 0 Å². The highest BCUT2D eigenvalue weighted by atomic mass is 16.3. The Morgan fingerprint density at radius 1 is 1.08 bits per heavy atom. The van der Waals surface area contributed by atoms with Crippen molar-refractivity contribution in [2.24, 2.45) is 0 Å². The minimum Gasteiger partial charge on any atom is -0.460 e. The fraction of sp³-hybridized carbons (Fsp3) is 0.150. The van der Waals surface area contributed by atoms with Crippen molar-refractivity contribution < 1.29 is 9.21 Å². The van der Waals surface area contributed by atoms with Gasteiger partial charge in [0.15, 0.2) is 5.76 Å². The predicted octanol–water partition coefficient (Wildman–Crippen LogP) is 3.52. The average molecular weight is 346 g/mol. The number of furan rings is 1. The number of aromatic nitrogens is 2. The van der Waals surface area contributed by atoms with E-state index in [2.05, 4.69) is 9.97 Å². The molecule has 2 aromatic heterocycles. The van der Waals surface area contributed by atoms with Gasteiger partial charge in [-0.2, -0.15) is 0 Å². The highest BCUT2D eigenvalue weighted by Crippen LogP contribution is 2.37. The van der Waals surface area contributed by atoms with E-state index in [0.717, 1.165) is 16.9 Å². The summed E-state index contributed by atoms with van der Waals surface area (Å²) in [6, 6.07) is 11.6. The summed E-state index contributed by atoms with van der Waals surface area (Å²) in [5.74, 6) is 1.17. The van der Waals surface area contributed by atoms with Gasteiger partial charge in [0.05, 0.1) is 11.3 Å². The Morgan fingerprint density at radius 3 is 2.50 bits per heavy atom. The fourth-order valence-electron chi connectivity index (χ4n) is 3.10. The number of nitrogens with two attached hydrogens (primary N) is 1. The van der Waals surface area contributed by atoms with Gasteiger partial charge in [-0.1, -0.05) is 24.3 Å². The topological polar surface area (TPSA) is 85.2 Å². The van der Waals surface area contributed by atoms with Gasteiger partial charge in [0, 0.05) is 7.05 Å². The van der Waals surface area contributed by atoms with E-state index in [4.69, 9.17) is 10.2 Å². The second-order valence-corrected chi connectivity index (χ2v) is 6.31. The summed E-state index contributed by atoms with van der Waals surface area (Å²) in [4.78, 5) is 23.1. The molecule has 0 unspecified atom stereocenters. The monoisotopic (exact) mass is 346 g/mol. The number of anilines is 1. The van der Waals surface area contributed by atoms with Crippen molar-refractivity contribution in [2.45, 2.75) is 13.8 Å². The Balaban J connectivity index is 1.95. The maximum atomic E-state index is 12.9. The third-order valence-corrected chi connectivity index (χ3v) is 4.50. The summed E-state index contributed by atoms with van der Waals surface area (Å²) in [6.45, 7) is 3.86. The number of nitrogens with zero attached hydrogens (tertiary/aromatic N) is 3. The molecule has 0 saturated heterocycles. The Bertz CT molecular complexity index is 1070. The first-order chi connectivity index (χ1) is 12.5. The van der Waals surface area contributed by atoms with E-state index in [1.54, 1.807) is 18.0 Å². The first-order valence-electron chi connectivity index (χ1n) is 8.26. The number of carbonyl (C=O) groups is 1. The summed E-state index contributed by atoms with van der Waals surface area (Å²) in [5.41, 5.74) is 10.1. The predicted molar refractivity (Wildman–Crippen MR) is 100 cm³/mol. The molecule has 26 heavy (non-hydrogen) atoms. The van der Waals surface area contributed by atoms with Crippen molar-refractivity contribution in [2.75, 3.05) is 12.8 Å². The van der Waals surface area contributed by atoms with Crippen LogP contribution in [0.1, 0.15) is 32.9 Å². The highest BCUT2D eigenvalue weighted by Gasteiger charge is 2.36. The molecule has 1 aromatic carbocycles. The molecular weight excluding hydrogens is 328 g/mol. The zero-order valence-electron chi connectivity index (χ0n) is 14.8. The van der Waals surface area contributed by atoms with E-state index in [0.29, 0.717) is 28.4 Å². The molecule has 130 valence electrons. The van der Waals surface area contributed by atoms with Crippen molar-refractivity contribution in [3.05, 3.63) is 64.5 Å². The molecule has 1 aliphatic heterocycles. The molecule has 4 rings (SSSR count). The smallest absolute Gasteiger partial charge is 0.262 e. The van der Waals surface area contributed by atoms with Crippen LogP contribution < -0.4 is 5.73 Å². The largest absolute Gasteiger partial charge is 0.460 e. The van der Waals surface area contributed by atoms with Crippen LogP contribution in [0.15, 0.2) is 40.8 Å². The van der Waals surface area contributed by atoms with E-state index in [9.17, 15) is 4.79 Å². The molecule has 1 aliphatic rings. The number of rotatable bonds is 2. The summed E-state index contributed by atoms with van der Waals surface area (Å²) in [6.07, 6.45) is 1.95. The molecule has 0 spiro atoms. The quantitative estimate of drug-likeness (QED) is 0.767. The van der Waals surface area contributed by atoms with Crippen LogP contribution in [0.5, 0.6) is 0 Å². The fourth-order valence-corrected chi connectivity index (χ4v) is 3.10. The molecule has 0 atom stereocenters. The van der Waals surface area contributed by atoms with E-state index in [-0.39, 0.29) is 11.9 Å². The Hall–Kier alpha value is -3.41.